The predicted octanol–water partition coefficient (Wildman–Crippen LogP) is -22.2. The van der Waals surface area contributed by atoms with Gasteiger partial charge in [-0.25, -0.2) is 0 Å². The first-order valence-electron chi connectivity index (χ1n) is 43.4. The number of hydrogen-bond donors (Lipinski definition) is 33. The van der Waals surface area contributed by atoms with E-state index in [1.807, 2.05) is 0 Å². The second-order valence-electron chi connectivity index (χ2n) is 34.5. The molecule has 59 nitrogen and oxygen atoms in total. The molecule has 11 aliphatic heterocycles. The van der Waals surface area contributed by atoms with Crippen LogP contribution in [0.25, 0.3) is 0 Å². The van der Waals surface area contributed by atoms with Crippen LogP contribution in [0.4, 0.5) is 0 Å². The second-order valence-corrected chi connectivity index (χ2v) is 34.5. The lowest BCUT2D eigenvalue weighted by Crippen LogP contribution is -2.72. The second kappa shape index (κ2) is 48.2. The number of amides is 5. The molecule has 0 bridgehead atoms. The largest absolute Gasteiger partial charge is 0.394 e. The Labute approximate surface area is 765 Å². The lowest BCUT2D eigenvalue weighted by molar-refractivity contribution is -0.411. The van der Waals surface area contributed by atoms with Gasteiger partial charge in [0.1, 0.15) is 256 Å². The summed E-state index contributed by atoms with van der Waals surface area (Å²) in [6.45, 7) is -3.71. The molecule has 5 amide bonds. The molecular formula is C76H127N5O54. The van der Waals surface area contributed by atoms with Crippen molar-refractivity contribution in [2.75, 3.05) is 59.5 Å². The molecule has 11 fully saturated rings. The molecular weight excluding hydrogens is 1850 g/mol. The Morgan fingerprint density at radius 1 is 0.207 bits per heavy atom. The molecule has 780 valence electrons. The van der Waals surface area contributed by atoms with Crippen molar-refractivity contribution in [1.82, 2.24) is 26.6 Å². The molecule has 11 rings (SSSR count). The molecule has 11 saturated heterocycles. The highest BCUT2D eigenvalue weighted by Gasteiger charge is 2.64. The zero-order chi connectivity index (χ0) is 99.4. The van der Waals surface area contributed by atoms with Gasteiger partial charge in [0.15, 0.2) is 69.2 Å². The molecule has 11 aliphatic rings. The van der Waals surface area contributed by atoms with Crippen LogP contribution in [-0.4, -0.2) is 569 Å². The van der Waals surface area contributed by atoms with Crippen LogP contribution in [0.5, 0.6) is 0 Å². The molecule has 0 aliphatic carbocycles. The van der Waals surface area contributed by atoms with Crippen molar-refractivity contribution in [1.29, 1.82) is 0 Å². The van der Waals surface area contributed by atoms with Crippen molar-refractivity contribution in [3.05, 3.63) is 0 Å². The summed E-state index contributed by atoms with van der Waals surface area (Å²) in [7, 11) is 0. The first-order chi connectivity index (χ1) is 63.8. The molecule has 11 heterocycles. The highest BCUT2D eigenvalue weighted by Crippen LogP contribution is 2.43. The Hall–Kier alpha value is -4.61. The van der Waals surface area contributed by atoms with Gasteiger partial charge in [0.25, 0.3) is 0 Å². The summed E-state index contributed by atoms with van der Waals surface area (Å²) in [5, 5.41) is 330. The molecule has 0 unspecified atom stereocenters. The van der Waals surface area contributed by atoms with Crippen molar-refractivity contribution < 1.29 is 266 Å². The van der Waals surface area contributed by atoms with Crippen molar-refractivity contribution in [2.45, 2.75) is 386 Å². The standard InChI is InChI=1S/C76H127N5O54/c1-17-38(94)49(105)54(110)71(117-17)115-15-31-59(47(103)33(66(114)119-31)77-19(3)89)128-69-36(80-22(6)92)48(104)58(29(13-87)125-69)129-74-57(113)63(61(130-67-34(78-20(4)90)45(101)40(96)24(8-82)120-67)32(127-74)16-116-75-64(52(108)43(99)27(11-85)123-75)134-68-35(79-21(5)91)46(102)41(97)25(9-83)121-68)133-76-65(53(109)44(100)28(12-86)124-76)135-70-37(81-23(7)93)62(132-72-55(111)50(106)39(95)18(2)118-72)60(30(14-88)126-70)131-73-56(112)51(107)42(98)26(10-84)122-73/h17-18,24-76,82-88,94-114H,8-16H2,1-7H3,(H,77,89)(H,78,90)(H,79,91)(H,80,92)(H,81,93)/t17-,18+,24-,25-,26-,27-,28-,29-,30-,31-,32-,33-,34+,35-,36-,37-,38+,39-,40-,41-,42+,43-,44-,45-,46-,47-,48-,49+,50-,51+,52+,53+,54-,55+,56-,57+,58-,59-,60-,61-,62-,63-,64+,65+,66-,67+,68+,69+,70+,71+,72+,73+,74+,75+,76-/m1/s1. The maximum Gasteiger partial charge on any atom is 0.217 e. The third kappa shape index (κ3) is 24.7. The van der Waals surface area contributed by atoms with E-state index >= 15 is 0 Å². The zero-order valence-electron chi connectivity index (χ0n) is 73.3. The highest BCUT2D eigenvalue weighted by molar-refractivity contribution is 5.75. The number of aliphatic hydroxyl groups excluding tert-OH is 28. The molecule has 0 aromatic heterocycles. The summed E-state index contributed by atoms with van der Waals surface area (Å²) in [5.41, 5.74) is 0. The van der Waals surface area contributed by atoms with Gasteiger partial charge in [0.05, 0.1) is 71.7 Å². The van der Waals surface area contributed by atoms with Crippen LogP contribution < -0.4 is 26.6 Å². The van der Waals surface area contributed by atoms with Gasteiger partial charge >= 0.3 is 0 Å². The van der Waals surface area contributed by atoms with E-state index < -0.39 is 426 Å². The number of hydrogen-bond acceptors (Lipinski definition) is 54. The van der Waals surface area contributed by atoms with E-state index in [1.54, 1.807) is 0 Å². The normalized spacial score (nSPS) is 49.5. The smallest absolute Gasteiger partial charge is 0.217 e. The van der Waals surface area contributed by atoms with E-state index in [9.17, 15) is 167 Å². The zero-order valence-corrected chi connectivity index (χ0v) is 73.3. The van der Waals surface area contributed by atoms with Crippen LogP contribution in [0.15, 0.2) is 0 Å². The topological polar surface area (TPSA) is 906 Å². The minimum Gasteiger partial charge on any atom is -0.394 e. The van der Waals surface area contributed by atoms with Gasteiger partial charge in [0.2, 0.25) is 29.5 Å². The lowest BCUT2D eigenvalue weighted by atomic mass is 9.93. The molecule has 0 radical (unpaired) electrons. The molecule has 0 aromatic carbocycles. The average molecular weight is 1970 g/mol. The van der Waals surface area contributed by atoms with Gasteiger partial charge < -0.3 is 269 Å². The quantitative estimate of drug-likeness (QED) is 0.0284. The first-order valence-corrected chi connectivity index (χ1v) is 43.4. The van der Waals surface area contributed by atoms with Crippen molar-refractivity contribution >= 4 is 29.5 Å². The summed E-state index contributed by atoms with van der Waals surface area (Å²) in [6.07, 6.45) is -108. The number of nitrogens with one attached hydrogen (secondary N) is 5. The maximum absolute atomic E-state index is 13.8. The third-order valence-electron chi connectivity index (χ3n) is 24.9. The Morgan fingerprint density at radius 3 is 0.926 bits per heavy atom. The van der Waals surface area contributed by atoms with Crippen molar-refractivity contribution in [3.63, 3.8) is 0 Å². The fraction of sp³-hybridized carbons (Fsp3) is 0.934. The van der Waals surface area contributed by atoms with Gasteiger partial charge in [-0.15, -0.1) is 0 Å². The molecule has 33 N–H and O–H groups in total. The summed E-state index contributed by atoms with van der Waals surface area (Å²) >= 11 is 0. The van der Waals surface area contributed by atoms with Crippen LogP contribution in [0.3, 0.4) is 0 Å². The Morgan fingerprint density at radius 2 is 0.467 bits per heavy atom. The van der Waals surface area contributed by atoms with Gasteiger partial charge in [-0.2, -0.15) is 0 Å². The van der Waals surface area contributed by atoms with Gasteiger partial charge in [-0.1, -0.05) is 0 Å². The van der Waals surface area contributed by atoms with Crippen LogP contribution in [0, 0.1) is 0 Å². The molecule has 0 aromatic rings. The number of carbonyl (C=O) groups excluding carboxylic acids is 5. The van der Waals surface area contributed by atoms with E-state index in [-0.39, 0.29) is 0 Å². The summed E-state index contributed by atoms with van der Waals surface area (Å²) < 4.78 is 129. The molecule has 59 heteroatoms. The van der Waals surface area contributed by atoms with E-state index in [0.717, 1.165) is 34.6 Å². The number of ether oxygens (including phenoxy) is 21. The maximum atomic E-state index is 13.8. The van der Waals surface area contributed by atoms with E-state index in [2.05, 4.69) is 26.6 Å². The van der Waals surface area contributed by atoms with Crippen LogP contribution in [-0.2, 0) is 123 Å². The SMILES string of the molecule is CC(=O)N[C@@H]1[C@H](O[C@H]2[C@H](O[C@H]3O[C@H](CO)[C@@H](O)[C@H](O)[C@@H]3O[C@@H]3O[C@H](CO)[C@@H](O[C@@H]4O[C@H](CO)[C@H](O)[C@H](O)[C@H]4O)[C@H](O[C@@H]4O[C@@H](C)[C@@H](O)[C@@H](O)[C@@H]4O)[C@H]3NC(C)=O)[C@H](O)[C@H](O[C@H]3[C@H](O)[C@@H](NC(C)=O)[C@H](O[C@H]4[C@H](O)[C@@H](NC(C)=O)[C@H](O)O[C@@H]4CO[C@H]4O[C@H](C)[C@H](O)[C@H](O)[C@H]4O)O[C@@H]3CO)O[C@@H]2CO[C@H]2O[C@H](CO)[C@@H](O)[C@H](O)[C@@H]2O[C@@H]2O[C@H](CO)[C@@H](O)[C@H](O)[C@H]2NC(C)=O)O[C@H](CO)[C@@H](O)[C@@H]1O. The van der Waals surface area contributed by atoms with E-state index in [4.69, 9.17) is 99.5 Å². The number of carbonyl (C=O) groups is 5. The van der Waals surface area contributed by atoms with Gasteiger partial charge in [-0.3, -0.25) is 24.0 Å². The van der Waals surface area contributed by atoms with Gasteiger partial charge in [0, 0.05) is 34.6 Å². The Balaban J connectivity index is 1.04. The Kier molecular flexibility index (Phi) is 39.5. The highest BCUT2D eigenvalue weighted by atomic mass is 16.8. The van der Waals surface area contributed by atoms with Crippen molar-refractivity contribution in [2.24, 2.45) is 0 Å². The predicted molar refractivity (Wildman–Crippen MR) is 417 cm³/mol. The monoisotopic (exact) mass is 1970 g/mol. The average Bonchev–Trinajstić information content (AvgIpc) is 0.756. The number of rotatable bonds is 34. The minimum absolute atomic E-state index is 0.873. The fourth-order valence-corrected chi connectivity index (χ4v) is 17.6. The first kappa shape index (κ1) is 111. The van der Waals surface area contributed by atoms with Crippen molar-refractivity contribution in [3.8, 4) is 0 Å². The minimum atomic E-state index is -2.84. The summed E-state index contributed by atoms with van der Waals surface area (Å²) in [5.74, 6) is -4.95. The van der Waals surface area contributed by atoms with Crippen LogP contribution in [0.1, 0.15) is 48.5 Å². The summed E-state index contributed by atoms with van der Waals surface area (Å²) in [6, 6.07) is -10.0. The van der Waals surface area contributed by atoms with Crippen LogP contribution >= 0.6 is 0 Å². The van der Waals surface area contributed by atoms with Crippen LogP contribution in [0.2, 0.25) is 0 Å². The molecule has 135 heavy (non-hydrogen) atoms. The van der Waals surface area contributed by atoms with E-state index in [0.29, 0.717) is 0 Å². The molecule has 55 atom stereocenters. The molecule has 0 spiro atoms. The fourth-order valence-electron chi connectivity index (χ4n) is 17.6. The third-order valence-corrected chi connectivity index (χ3v) is 24.9. The summed E-state index contributed by atoms with van der Waals surface area (Å²) in [4.78, 5) is 65.9. The van der Waals surface area contributed by atoms with E-state index in [1.165, 1.54) is 13.8 Å². The Bertz CT molecular complexity index is 3750. The van der Waals surface area contributed by atoms with Gasteiger partial charge in [-0.05, 0) is 13.8 Å². The number of aliphatic hydroxyl groups is 28. The molecule has 0 saturated carbocycles. The lowest BCUT2D eigenvalue weighted by Gasteiger charge is -2.53.